The van der Waals surface area contributed by atoms with E-state index in [1.807, 2.05) is 29.5 Å². The van der Waals surface area contributed by atoms with Crippen LogP contribution in [0.4, 0.5) is 5.69 Å². The Morgan fingerprint density at radius 3 is 2.24 bits per heavy atom. The van der Waals surface area contributed by atoms with E-state index in [0.29, 0.717) is 5.69 Å². The van der Waals surface area contributed by atoms with Gasteiger partial charge in [0, 0.05) is 47.7 Å². The maximum absolute atomic E-state index is 7.68. The summed E-state index contributed by atoms with van der Waals surface area (Å²) in [5, 5.41) is 4.74. The smallest absolute Gasteiger partial charge is 0.187 e. The molecule has 1 unspecified atom stereocenters. The molecule has 0 radical (unpaired) electrons. The fourth-order valence-electron chi connectivity index (χ4n) is 7.76. The van der Waals surface area contributed by atoms with Crippen LogP contribution in [0.1, 0.15) is 41.7 Å². The molecule has 1 aromatic heterocycles. The predicted molar refractivity (Wildman–Crippen MR) is 191 cm³/mol. The second-order valence-corrected chi connectivity index (χ2v) is 13.8. The molecule has 220 valence electrons. The second kappa shape index (κ2) is 9.57. The molecule has 46 heavy (non-hydrogen) atoms. The van der Waals surface area contributed by atoms with E-state index >= 15 is 0 Å². The molecular formula is C42H29NO2S. The fraction of sp³-hybridized carbons (Fsp3) is 0.119. The molecule has 0 spiro atoms. The summed E-state index contributed by atoms with van der Waals surface area (Å²) in [6.07, 6.45) is 4.53. The zero-order valence-corrected chi connectivity index (χ0v) is 26.5. The third kappa shape index (κ3) is 3.58. The highest BCUT2D eigenvalue weighted by atomic mass is 32.1. The molecule has 4 heteroatoms. The molecule has 0 N–H and O–H groups in total. The van der Waals surface area contributed by atoms with Crippen molar-refractivity contribution in [2.45, 2.75) is 24.9 Å². The average molecular weight is 612 g/mol. The molecule has 0 amide bonds. The zero-order chi connectivity index (χ0) is 31.2. The number of ether oxygens (including phenoxy) is 2. The maximum atomic E-state index is 7.68. The van der Waals surface area contributed by atoms with Crippen molar-refractivity contribution in [1.82, 2.24) is 0 Å². The summed E-state index contributed by atoms with van der Waals surface area (Å²) in [5.74, 6) is 1.69. The molecule has 3 nitrogen and oxygen atoms in total. The summed E-state index contributed by atoms with van der Waals surface area (Å²) >= 11 is 1.82. The topological polar surface area (TPSA) is 22.8 Å². The number of nitrogens with zero attached hydrogens (tertiary/aromatic N) is 1. The minimum absolute atomic E-state index is 0.318. The van der Waals surface area contributed by atoms with Crippen LogP contribution in [0.5, 0.6) is 11.5 Å². The summed E-state index contributed by atoms with van der Waals surface area (Å²) in [5.41, 5.74) is 7.55. The van der Waals surface area contributed by atoms with Gasteiger partial charge in [-0.05, 0) is 64.0 Å². The Bertz CT molecular complexity index is 2480. The van der Waals surface area contributed by atoms with Crippen molar-refractivity contribution in [3.8, 4) is 22.6 Å². The third-order valence-electron chi connectivity index (χ3n) is 9.98. The van der Waals surface area contributed by atoms with E-state index in [-0.39, 0.29) is 5.41 Å². The van der Waals surface area contributed by atoms with Crippen molar-refractivity contribution in [3.63, 3.8) is 0 Å². The van der Waals surface area contributed by atoms with E-state index in [2.05, 4.69) is 122 Å². The number of fused-ring (bicyclic) bond motifs is 11. The van der Waals surface area contributed by atoms with Crippen LogP contribution < -0.4 is 9.47 Å². The van der Waals surface area contributed by atoms with Gasteiger partial charge >= 0.3 is 0 Å². The van der Waals surface area contributed by atoms with Gasteiger partial charge in [0.25, 0.3) is 0 Å². The number of methoxy groups -OCH3 is 1. The predicted octanol–water partition coefficient (Wildman–Crippen LogP) is 11.4. The molecule has 0 saturated heterocycles. The van der Waals surface area contributed by atoms with E-state index in [1.54, 1.807) is 7.11 Å². The van der Waals surface area contributed by atoms with Gasteiger partial charge in [0.15, 0.2) is 11.3 Å². The van der Waals surface area contributed by atoms with Gasteiger partial charge < -0.3 is 9.47 Å². The molecule has 7 aromatic rings. The standard InChI is InChI=1S/C42H29NO2S/c1-41(2)35-24-27(43-3)16-19-32(35)38-30-10-5-6-11-31(30)40-33(39(38)41)21-22-42(45-40,25-13-17-28(44-4)18-14-25)26-15-20-37-34(23-26)29-9-7-8-12-36(29)46-37/h5-24H,1-2,4H3. The SMILES string of the molecule is [C-]#[N+]c1ccc2c(c1)C(C)(C)c1c3c(c4ccccc4c1-2)OC(c1ccc(OC)cc1)(c1ccc2sc4ccccc4c2c1)C=C3. The third-order valence-corrected chi connectivity index (χ3v) is 11.1. The van der Waals surface area contributed by atoms with E-state index in [4.69, 9.17) is 16.0 Å². The van der Waals surface area contributed by atoms with Crippen molar-refractivity contribution in [2.75, 3.05) is 7.11 Å². The minimum Gasteiger partial charge on any atom is -0.497 e. The highest BCUT2D eigenvalue weighted by Gasteiger charge is 2.44. The molecule has 0 fully saturated rings. The monoisotopic (exact) mass is 611 g/mol. The van der Waals surface area contributed by atoms with Gasteiger partial charge in [-0.3, -0.25) is 0 Å². The van der Waals surface area contributed by atoms with Crippen molar-refractivity contribution in [2.24, 2.45) is 0 Å². The lowest BCUT2D eigenvalue weighted by Crippen LogP contribution is -2.35. The number of hydrogen-bond donors (Lipinski definition) is 0. The minimum atomic E-state index is -0.875. The quantitative estimate of drug-likeness (QED) is 0.186. The molecule has 0 saturated carbocycles. The van der Waals surface area contributed by atoms with Crippen LogP contribution in [-0.2, 0) is 11.0 Å². The molecule has 1 aliphatic heterocycles. The molecule has 9 rings (SSSR count). The van der Waals surface area contributed by atoms with Gasteiger partial charge in [-0.1, -0.05) is 98.8 Å². The summed E-state index contributed by atoms with van der Waals surface area (Å²) in [7, 11) is 1.70. The average Bonchev–Trinajstić information content (AvgIpc) is 3.59. The second-order valence-electron chi connectivity index (χ2n) is 12.7. The van der Waals surface area contributed by atoms with Crippen LogP contribution in [0.15, 0.2) is 115 Å². The van der Waals surface area contributed by atoms with Crippen molar-refractivity contribution < 1.29 is 9.47 Å². The van der Waals surface area contributed by atoms with E-state index in [0.717, 1.165) is 39.0 Å². The summed E-state index contributed by atoms with van der Waals surface area (Å²) in [4.78, 5) is 3.76. The highest BCUT2D eigenvalue weighted by molar-refractivity contribution is 7.25. The van der Waals surface area contributed by atoms with Gasteiger partial charge in [-0.15, -0.1) is 11.3 Å². The van der Waals surface area contributed by atoms with Gasteiger partial charge in [0.1, 0.15) is 11.5 Å². The molecule has 2 aliphatic rings. The number of thiophene rings is 1. The van der Waals surface area contributed by atoms with E-state index in [9.17, 15) is 0 Å². The molecular weight excluding hydrogens is 583 g/mol. The van der Waals surface area contributed by atoms with Crippen LogP contribution >= 0.6 is 11.3 Å². The first-order valence-electron chi connectivity index (χ1n) is 15.5. The van der Waals surface area contributed by atoms with Gasteiger partial charge in [-0.25, -0.2) is 4.85 Å². The summed E-state index contributed by atoms with van der Waals surface area (Å²) in [6, 6.07) is 38.4. The summed E-state index contributed by atoms with van der Waals surface area (Å²) < 4.78 is 15.6. The van der Waals surface area contributed by atoms with Crippen LogP contribution in [0.3, 0.4) is 0 Å². The Hall–Kier alpha value is -5.37. The maximum Gasteiger partial charge on any atom is 0.187 e. The lowest BCUT2D eigenvalue weighted by molar-refractivity contribution is 0.163. The Morgan fingerprint density at radius 1 is 0.739 bits per heavy atom. The summed E-state index contributed by atoms with van der Waals surface area (Å²) in [6.45, 7) is 12.2. The molecule has 1 atom stereocenters. The first kappa shape index (κ1) is 27.0. The Morgan fingerprint density at radius 2 is 1.46 bits per heavy atom. The van der Waals surface area contributed by atoms with Crippen LogP contribution in [-0.4, -0.2) is 7.11 Å². The first-order chi connectivity index (χ1) is 22.4. The molecule has 2 heterocycles. The van der Waals surface area contributed by atoms with Gasteiger partial charge in [-0.2, -0.15) is 0 Å². The Labute approximate surface area is 271 Å². The lowest BCUT2D eigenvalue weighted by Gasteiger charge is -2.38. The van der Waals surface area contributed by atoms with Crippen LogP contribution in [0, 0.1) is 6.57 Å². The van der Waals surface area contributed by atoms with Crippen LogP contribution in [0.25, 0.3) is 53.0 Å². The number of rotatable bonds is 3. The normalized spacial score (nSPS) is 17.3. The van der Waals surface area contributed by atoms with Crippen molar-refractivity contribution in [1.29, 1.82) is 0 Å². The van der Waals surface area contributed by atoms with Gasteiger partial charge in [0.05, 0.1) is 13.7 Å². The van der Waals surface area contributed by atoms with Crippen molar-refractivity contribution >= 4 is 54.0 Å². The molecule has 6 aromatic carbocycles. The van der Waals surface area contributed by atoms with E-state index < -0.39 is 5.60 Å². The van der Waals surface area contributed by atoms with Crippen molar-refractivity contribution in [3.05, 3.63) is 155 Å². The largest absolute Gasteiger partial charge is 0.497 e. The Kier molecular flexibility index (Phi) is 5.61. The first-order valence-corrected chi connectivity index (χ1v) is 16.3. The number of benzene rings is 6. The Balaban J connectivity index is 1.34. The zero-order valence-electron chi connectivity index (χ0n) is 25.7. The molecule has 1 aliphatic carbocycles. The highest BCUT2D eigenvalue weighted by Crippen LogP contribution is 2.58. The van der Waals surface area contributed by atoms with Crippen LogP contribution in [0.2, 0.25) is 0 Å². The number of hydrogen-bond acceptors (Lipinski definition) is 3. The molecule has 0 bridgehead atoms. The van der Waals surface area contributed by atoms with E-state index in [1.165, 1.54) is 42.4 Å². The van der Waals surface area contributed by atoms with Gasteiger partial charge in [0.2, 0.25) is 0 Å². The fourth-order valence-corrected chi connectivity index (χ4v) is 8.85. The lowest BCUT2D eigenvalue weighted by atomic mass is 9.76.